The summed E-state index contributed by atoms with van der Waals surface area (Å²) in [5, 5.41) is 25.6. The van der Waals surface area contributed by atoms with E-state index in [1.54, 1.807) is 0 Å². The molecule has 0 spiro atoms. The predicted octanol–water partition coefficient (Wildman–Crippen LogP) is 1.70. The minimum Gasteiger partial charge on any atom is -0.450 e. The van der Waals surface area contributed by atoms with E-state index in [0.29, 0.717) is 39.3 Å². The van der Waals surface area contributed by atoms with Gasteiger partial charge in [-0.15, -0.1) is 0 Å². The van der Waals surface area contributed by atoms with Crippen molar-refractivity contribution in [3.63, 3.8) is 0 Å². The Balaban J connectivity index is 1.68. The molecule has 38 heavy (non-hydrogen) atoms. The fourth-order valence-electron chi connectivity index (χ4n) is 5.78. The van der Waals surface area contributed by atoms with Gasteiger partial charge in [-0.05, 0) is 39.5 Å². The van der Waals surface area contributed by atoms with Gasteiger partial charge >= 0.3 is 23.5 Å². The first-order valence-electron chi connectivity index (χ1n) is 13.0. The summed E-state index contributed by atoms with van der Waals surface area (Å²) >= 11 is 0. The topological polar surface area (TPSA) is 182 Å². The van der Waals surface area contributed by atoms with E-state index in [2.05, 4.69) is 0 Å². The quantitative estimate of drug-likeness (QED) is 0.208. The Kier molecular flexibility index (Phi) is 8.54. The minimum absolute atomic E-state index is 0.0434. The summed E-state index contributed by atoms with van der Waals surface area (Å²) in [6.07, 6.45) is -1.87. The van der Waals surface area contributed by atoms with Crippen LogP contribution in [0, 0.1) is 20.2 Å². The third kappa shape index (κ3) is 4.63. The van der Waals surface area contributed by atoms with Crippen LogP contribution in [0.15, 0.2) is 0 Å². The van der Waals surface area contributed by atoms with Crippen LogP contribution in [0.3, 0.4) is 0 Å². The van der Waals surface area contributed by atoms with Crippen LogP contribution in [0.4, 0.5) is 9.59 Å². The van der Waals surface area contributed by atoms with E-state index in [4.69, 9.17) is 28.4 Å². The molecule has 0 aromatic carbocycles. The van der Waals surface area contributed by atoms with Gasteiger partial charge in [-0.3, -0.25) is 20.2 Å². The molecule has 0 aromatic rings. The van der Waals surface area contributed by atoms with Crippen molar-refractivity contribution in [3.05, 3.63) is 20.2 Å². The van der Waals surface area contributed by atoms with Crippen molar-refractivity contribution in [2.75, 3.05) is 39.6 Å². The maximum Gasteiger partial charge on any atom is 0.416 e. The Labute approximate surface area is 218 Å². The summed E-state index contributed by atoms with van der Waals surface area (Å²) < 4.78 is 32.2. The highest BCUT2D eigenvalue weighted by Gasteiger charge is 3.04. The first-order chi connectivity index (χ1) is 18.3. The van der Waals surface area contributed by atoms with Crippen molar-refractivity contribution in [2.24, 2.45) is 0 Å². The number of nitrogens with zero attached hydrogens (tertiary/aromatic N) is 4. The molecular formula is C22H34N4O12. The second-order valence-electron chi connectivity index (χ2n) is 9.34. The van der Waals surface area contributed by atoms with Crippen LogP contribution in [0.2, 0.25) is 0 Å². The van der Waals surface area contributed by atoms with Crippen LogP contribution in [0.5, 0.6) is 0 Å². The summed E-state index contributed by atoms with van der Waals surface area (Å²) in [5.41, 5.74) is -5.16. The highest BCUT2D eigenvalue weighted by molar-refractivity contribution is 5.78. The summed E-state index contributed by atoms with van der Waals surface area (Å²) in [5.74, 6) is 0. The van der Waals surface area contributed by atoms with E-state index in [1.807, 2.05) is 0 Å². The summed E-state index contributed by atoms with van der Waals surface area (Å²) in [7, 11) is 0. The zero-order chi connectivity index (χ0) is 27.5. The number of nitro groups is 2. The SMILES string of the molecule is CCOC(=O)N1[C@H](CCC2OCCCO2)[C@]1([N+](=O)[O-])[C@]1([N+](=O)[O-])[C@@H](CCC2OCCCO2)N1C(=O)OCC. The van der Waals surface area contributed by atoms with E-state index in [1.165, 1.54) is 13.8 Å². The molecule has 0 aliphatic carbocycles. The van der Waals surface area contributed by atoms with Gasteiger partial charge in [0.25, 0.3) is 0 Å². The minimum atomic E-state index is -2.58. The third-order valence-electron chi connectivity index (χ3n) is 7.32. The Morgan fingerprint density at radius 3 is 1.37 bits per heavy atom. The van der Waals surface area contributed by atoms with Crippen LogP contribution in [0.25, 0.3) is 0 Å². The first-order valence-corrected chi connectivity index (χ1v) is 13.0. The van der Waals surface area contributed by atoms with Gasteiger partial charge < -0.3 is 28.4 Å². The lowest BCUT2D eigenvalue weighted by molar-refractivity contribution is -0.658. The average molecular weight is 547 g/mol. The average Bonchev–Trinajstić information content (AvgIpc) is 3.78. The number of hydrogen-bond acceptors (Lipinski definition) is 12. The summed E-state index contributed by atoms with van der Waals surface area (Å²) in [6, 6.07) is -2.50. The number of ether oxygens (including phenoxy) is 6. The Morgan fingerprint density at radius 1 is 0.737 bits per heavy atom. The highest BCUT2D eigenvalue weighted by Crippen LogP contribution is 2.64. The second-order valence-corrected chi connectivity index (χ2v) is 9.34. The maximum absolute atomic E-state index is 12.9. The molecule has 4 heterocycles. The van der Waals surface area contributed by atoms with E-state index < -0.39 is 58.0 Å². The fourth-order valence-corrected chi connectivity index (χ4v) is 5.78. The van der Waals surface area contributed by atoms with Gasteiger partial charge in [0.05, 0.1) is 49.5 Å². The van der Waals surface area contributed by atoms with Gasteiger partial charge in [0, 0.05) is 12.8 Å². The molecule has 4 atom stereocenters. The fraction of sp³-hybridized carbons (Fsp3) is 0.909. The molecule has 0 N–H and O–H groups in total. The zero-order valence-corrected chi connectivity index (χ0v) is 21.5. The monoisotopic (exact) mass is 546 g/mol. The molecular weight excluding hydrogens is 512 g/mol. The number of rotatable bonds is 11. The zero-order valence-electron chi connectivity index (χ0n) is 21.5. The van der Waals surface area contributed by atoms with Crippen molar-refractivity contribution >= 4 is 12.2 Å². The molecule has 4 aliphatic heterocycles. The van der Waals surface area contributed by atoms with Crippen LogP contribution in [-0.4, -0.2) is 107 Å². The number of amides is 2. The normalized spacial score (nSPS) is 31.5. The molecule has 4 aliphatic rings. The van der Waals surface area contributed by atoms with E-state index in [0.717, 1.165) is 9.80 Å². The number of carbonyl (C=O) groups excluding carboxylic acids is 2. The summed E-state index contributed by atoms with van der Waals surface area (Å²) in [4.78, 5) is 51.3. The second kappa shape index (κ2) is 11.5. The van der Waals surface area contributed by atoms with Gasteiger partial charge in [-0.2, -0.15) is 0 Å². The van der Waals surface area contributed by atoms with Crippen molar-refractivity contribution in [3.8, 4) is 0 Å². The first kappa shape index (κ1) is 28.2. The van der Waals surface area contributed by atoms with Gasteiger partial charge in [-0.1, -0.05) is 0 Å². The standard InChI is InChI=1S/C22H34N4O12/c1-3-33-19(27)23-15(7-9-17-35-11-5-12-36-17)21(23,25(29)30)22(26(31)32)16(24(22)20(28)34-4-2)8-10-18-37-13-6-14-38-18/h15-18H,3-14H2,1-2H3/t15-,16-,21-,22+,23?,24?/m1/s1. The lowest BCUT2D eigenvalue weighted by atomic mass is 9.96. The van der Waals surface area contributed by atoms with Gasteiger partial charge in [-0.25, -0.2) is 19.4 Å². The van der Waals surface area contributed by atoms with Gasteiger partial charge in [0.1, 0.15) is 12.1 Å². The molecule has 0 saturated carbocycles. The van der Waals surface area contributed by atoms with Crippen molar-refractivity contribution in [1.82, 2.24) is 9.80 Å². The van der Waals surface area contributed by atoms with Crippen LogP contribution in [-0.2, 0) is 28.4 Å². The van der Waals surface area contributed by atoms with E-state index >= 15 is 0 Å². The molecule has 0 aromatic heterocycles. The molecule has 0 unspecified atom stereocenters. The molecule has 214 valence electrons. The van der Waals surface area contributed by atoms with Crippen molar-refractivity contribution < 1.29 is 47.9 Å². The lowest BCUT2D eigenvalue weighted by Crippen LogP contribution is -2.55. The van der Waals surface area contributed by atoms with E-state index in [9.17, 15) is 29.8 Å². The highest BCUT2D eigenvalue weighted by atomic mass is 16.7. The van der Waals surface area contributed by atoms with E-state index in [-0.39, 0.29) is 38.9 Å². The van der Waals surface area contributed by atoms with Crippen LogP contribution >= 0.6 is 0 Å². The lowest BCUT2D eigenvalue weighted by Gasteiger charge is -2.23. The molecule has 2 amide bonds. The third-order valence-corrected chi connectivity index (χ3v) is 7.32. The van der Waals surface area contributed by atoms with Crippen LogP contribution < -0.4 is 0 Å². The Morgan fingerprint density at radius 2 is 1.08 bits per heavy atom. The molecule has 0 radical (unpaired) electrons. The van der Waals surface area contributed by atoms with Crippen molar-refractivity contribution in [2.45, 2.75) is 88.4 Å². The molecule has 4 saturated heterocycles. The predicted molar refractivity (Wildman–Crippen MR) is 124 cm³/mol. The van der Waals surface area contributed by atoms with Gasteiger partial charge in [0.2, 0.25) is 0 Å². The van der Waals surface area contributed by atoms with Crippen LogP contribution in [0.1, 0.15) is 52.4 Å². The number of carbonyl (C=O) groups is 2. The molecule has 0 bridgehead atoms. The largest absolute Gasteiger partial charge is 0.450 e. The Hall–Kier alpha value is -2.82. The molecule has 4 fully saturated rings. The molecule has 16 heteroatoms. The summed E-state index contributed by atoms with van der Waals surface area (Å²) in [6.45, 7) is 4.62. The maximum atomic E-state index is 12.9. The smallest absolute Gasteiger partial charge is 0.416 e. The van der Waals surface area contributed by atoms with Gasteiger partial charge in [0.15, 0.2) is 12.6 Å². The Bertz CT molecular complexity index is 839. The number of hydrogen-bond donors (Lipinski definition) is 0. The van der Waals surface area contributed by atoms with Crippen molar-refractivity contribution in [1.29, 1.82) is 0 Å². The molecule has 16 nitrogen and oxygen atoms in total. The molecule has 4 rings (SSSR count).